The number of hydrogen-bond donors (Lipinski definition) is 2. The Hall–Kier alpha value is -1.82. The van der Waals surface area contributed by atoms with E-state index in [0.717, 1.165) is 4.47 Å². The number of nitrogens with one attached hydrogen (secondary N) is 1. The molecule has 1 aromatic heterocycles. The fourth-order valence-electron chi connectivity index (χ4n) is 1.37. The van der Waals surface area contributed by atoms with Gasteiger partial charge in [-0.2, -0.15) is 5.10 Å². The minimum absolute atomic E-state index is 0.205. The number of carbonyl (C=O) groups excluding carboxylic acids is 1. The molecule has 0 aliphatic rings. The SMILES string of the molecule is Cn1cc(C(=O)Nc2ccc(N)cc2Br)cn1. The van der Waals surface area contributed by atoms with Crippen molar-refractivity contribution in [2.75, 3.05) is 11.1 Å². The molecule has 3 N–H and O–H groups in total. The summed E-state index contributed by atoms with van der Waals surface area (Å²) in [6.45, 7) is 0. The third kappa shape index (κ3) is 2.65. The van der Waals surface area contributed by atoms with E-state index in [9.17, 15) is 4.79 Å². The van der Waals surface area contributed by atoms with Crippen LogP contribution in [0.25, 0.3) is 0 Å². The lowest BCUT2D eigenvalue weighted by Gasteiger charge is -2.06. The van der Waals surface area contributed by atoms with Crippen LogP contribution in [0.2, 0.25) is 0 Å². The van der Waals surface area contributed by atoms with Crippen LogP contribution in [-0.2, 0) is 7.05 Å². The third-order valence-corrected chi connectivity index (χ3v) is 2.86. The van der Waals surface area contributed by atoms with Crippen LogP contribution in [0.15, 0.2) is 35.1 Å². The number of amides is 1. The Labute approximate surface area is 107 Å². The van der Waals surface area contributed by atoms with E-state index in [4.69, 9.17) is 5.73 Å². The number of nitrogens with zero attached hydrogens (tertiary/aromatic N) is 2. The highest BCUT2D eigenvalue weighted by Crippen LogP contribution is 2.25. The Bertz CT molecular complexity index is 564. The molecule has 0 spiro atoms. The number of nitrogen functional groups attached to an aromatic ring is 1. The van der Waals surface area contributed by atoms with Crippen molar-refractivity contribution < 1.29 is 4.79 Å². The molecule has 0 aliphatic carbocycles. The van der Waals surface area contributed by atoms with Crippen molar-refractivity contribution in [2.24, 2.45) is 7.05 Å². The van der Waals surface area contributed by atoms with E-state index >= 15 is 0 Å². The molecule has 5 nitrogen and oxygen atoms in total. The second kappa shape index (κ2) is 4.58. The summed E-state index contributed by atoms with van der Waals surface area (Å²) in [6.07, 6.45) is 3.17. The molecule has 0 atom stereocenters. The van der Waals surface area contributed by atoms with Crippen LogP contribution >= 0.6 is 15.9 Å². The second-order valence-corrected chi connectivity index (χ2v) is 4.45. The van der Waals surface area contributed by atoms with Gasteiger partial charge in [0.25, 0.3) is 5.91 Å². The quantitative estimate of drug-likeness (QED) is 0.832. The van der Waals surface area contributed by atoms with Crippen LogP contribution in [0.3, 0.4) is 0 Å². The van der Waals surface area contributed by atoms with Crippen LogP contribution < -0.4 is 11.1 Å². The maximum Gasteiger partial charge on any atom is 0.258 e. The van der Waals surface area contributed by atoms with E-state index in [1.54, 1.807) is 36.1 Å². The number of aromatic nitrogens is 2. The molecule has 0 unspecified atom stereocenters. The Kier molecular flexibility index (Phi) is 3.14. The van der Waals surface area contributed by atoms with Gasteiger partial charge in [-0.1, -0.05) is 0 Å². The van der Waals surface area contributed by atoms with Crippen molar-refractivity contribution in [1.82, 2.24) is 9.78 Å². The zero-order valence-electron chi connectivity index (χ0n) is 9.14. The summed E-state index contributed by atoms with van der Waals surface area (Å²) in [7, 11) is 1.76. The molecule has 0 saturated carbocycles. The Morgan fingerprint density at radius 2 is 2.29 bits per heavy atom. The van der Waals surface area contributed by atoms with Crippen LogP contribution in [0, 0.1) is 0 Å². The van der Waals surface area contributed by atoms with Crippen molar-refractivity contribution in [1.29, 1.82) is 0 Å². The highest BCUT2D eigenvalue weighted by Gasteiger charge is 2.09. The van der Waals surface area contributed by atoms with Crippen molar-refractivity contribution >= 4 is 33.2 Å². The molecule has 17 heavy (non-hydrogen) atoms. The molecular weight excluding hydrogens is 284 g/mol. The van der Waals surface area contributed by atoms with Crippen molar-refractivity contribution in [3.05, 3.63) is 40.6 Å². The van der Waals surface area contributed by atoms with Gasteiger partial charge in [0.15, 0.2) is 0 Å². The summed E-state index contributed by atoms with van der Waals surface area (Å²) in [6, 6.07) is 5.20. The zero-order chi connectivity index (χ0) is 12.4. The lowest BCUT2D eigenvalue weighted by atomic mass is 10.2. The minimum Gasteiger partial charge on any atom is -0.399 e. The fourth-order valence-corrected chi connectivity index (χ4v) is 1.86. The maximum atomic E-state index is 11.8. The summed E-state index contributed by atoms with van der Waals surface area (Å²) in [5.74, 6) is -0.205. The van der Waals surface area contributed by atoms with E-state index in [1.165, 1.54) is 6.20 Å². The smallest absolute Gasteiger partial charge is 0.258 e. The lowest BCUT2D eigenvalue weighted by Crippen LogP contribution is -2.11. The molecule has 1 aromatic carbocycles. The van der Waals surface area contributed by atoms with Gasteiger partial charge in [0.05, 0.1) is 17.4 Å². The second-order valence-electron chi connectivity index (χ2n) is 3.60. The average molecular weight is 295 g/mol. The monoisotopic (exact) mass is 294 g/mol. The lowest BCUT2D eigenvalue weighted by molar-refractivity contribution is 0.102. The Balaban J connectivity index is 2.18. The molecule has 0 bridgehead atoms. The van der Waals surface area contributed by atoms with E-state index < -0.39 is 0 Å². The molecule has 1 amide bonds. The Morgan fingerprint density at radius 3 is 2.88 bits per heavy atom. The van der Waals surface area contributed by atoms with Gasteiger partial charge in [0.1, 0.15) is 0 Å². The van der Waals surface area contributed by atoms with Crippen LogP contribution in [0.4, 0.5) is 11.4 Å². The molecule has 0 fully saturated rings. The Morgan fingerprint density at radius 1 is 1.53 bits per heavy atom. The number of hydrogen-bond acceptors (Lipinski definition) is 3. The van der Waals surface area contributed by atoms with Gasteiger partial charge in [-0.25, -0.2) is 0 Å². The molecule has 0 aliphatic heterocycles. The number of anilines is 2. The van der Waals surface area contributed by atoms with E-state index in [2.05, 4.69) is 26.3 Å². The predicted octanol–water partition coefficient (Wildman–Crippen LogP) is 2.02. The maximum absolute atomic E-state index is 11.8. The van der Waals surface area contributed by atoms with Crippen LogP contribution in [0.1, 0.15) is 10.4 Å². The largest absolute Gasteiger partial charge is 0.399 e. The van der Waals surface area contributed by atoms with Crippen molar-refractivity contribution in [3.8, 4) is 0 Å². The summed E-state index contributed by atoms with van der Waals surface area (Å²) < 4.78 is 2.32. The van der Waals surface area contributed by atoms with Crippen LogP contribution in [0.5, 0.6) is 0 Å². The zero-order valence-corrected chi connectivity index (χ0v) is 10.7. The molecule has 0 saturated heterocycles. The van der Waals surface area contributed by atoms with Gasteiger partial charge >= 0.3 is 0 Å². The number of halogens is 1. The fraction of sp³-hybridized carbons (Fsp3) is 0.0909. The van der Waals surface area contributed by atoms with Gasteiger partial charge in [-0.15, -0.1) is 0 Å². The van der Waals surface area contributed by atoms with Gasteiger partial charge < -0.3 is 11.1 Å². The number of benzene rings is 1. The number of nitrogens with two attached hydrogens (primary N) is 1. The number of rotatable bonds is 2. The first-order chi connectivity index (χ1) is 8.06. The molecule has 0 radical (unpaired) electrons. The molecular formula is C11H11BrN4O. The summed E-state index contributed by atoms with van der Waals surface area (Å²) in [5.41, 5.74) is 7.44. The van der Waals surface area contributed by atoms with Gasteiger partial charge in [0, 0.05) is 23.4 Å². The summed E-state index contributed by atoms with van der Waals surface area (Å²) in [4.78, 5) is 11.8. The highest BCUT2D eigenvalue weighted by molar-refractivity contribution is 9.10. The van der Waals surface area contributed by atoms with Gasteiger partial charge in [-0.3, -0.25) is 9.48 Å². The standard InChI is InChI=1S/C11H11BrN4O/c1-16-6-7(5-14-16)11(17)15-10-3-2-8(13)4-9(10)12/h2-6H,13H2,1H3,(H,15,17). The first-order valence-electron chi connectivity index (χ1n) is 4.91. The molecule has 2 rings (SSSR count). The van der Waals surface area contributed by atoms with E-state index in [0.29, 0.717) is 16.9 Å². The van der Waals surface area contributed by atoms with Gasteiger partial charge in [0.2, 0.25) is 0 Å². The first-order valence-corrected chi connectivity index (χ1v) is 5.70. The number of carbonyl (C=O) groups is 1. The summed E-state index contributed by atoms with van der Waals surface area (Å²) in [5, 5.41) is 6.71. The van der Waals surface area contributed by atoms with E-state index in [1.807, 2.05) is 0 Å². The molecule has 88 valence electrons. The minimum atomic E-state index is -0.205. The predicted molar refractivity (Wildman–Crippen MR) is 69.7 cm³/mol. The van der Waals surface area contributed by atoms with Crippen LogP contribution in [-0.4, -0.2) is 15.7 Å². The molecule has 6 heteroatoms. The van der Waals surface area contributed by atoms with Crippen molar-refractivity contribution in [2.45, 2.75) is 0 Å². The third-order valence-electron chi connectivity index (χ3n) is 2.21. The van der Waals surface area contributed by atoms with Crippen molar-refractivity contribution in [3.63, 3.8) is 0 Å². The average Bonchev–Trinajstić information content (AvgIpc) is 2.69. The summed E-state index contributed by atoms with van der Waals surface area (Å²) >= 11 is 3.34. The molecule has 1 heterocycles. The first kappa shape index (κ1) is 11.7. The van der Waals surface area contributed by atoms with Gasteiger partial charge in [-0.05, 0) is 34.1 Å². The number of aryl methyl sites for hydroxylation is 1. The normalized spacial score (nSPS) is 10.2. The van der Waals surface area contributed by atoms with E-state index in [-0.39, 0.29) is 5.91 Å². The highest BCUT2D eigenvalue weighted by atomic mass is 79.9. The molecule has 2 aromatic rings. The topological polar surface area (TPSA) is 72.9 Å².